The normalized spacial score (nSPS) is 14.6. The van der Waals surface area contributed by atoms with E-state index in [4.69, 9.17) is 4.42 Å². The van der Waals surface area contributed by atoms with E-state index in [-0.39, 0.29) is 18.0 Å². The molecule has 1 amide bonds. The lowest BCUT2D eigenvalue weighted by atomic mass is 10.0. The highest BCUT2D eigenvalue weighted by Crippen LogP contribution is 2.15. The number of likely N-dealkylation sites (N-methyl/N-ethyl adjacent to an activating group) is 1. The van der Waals surface area contributed by atoms with E-state index in [1.807, 2.05) is 13.0 Å². The van der Waals surface area contributed by atoms with Crippen LogP contribution in [0.4, 0.5) is 0 Å². The van der Waals surface area contributed by atoms with E-state index in [1.54, 1.807) is 19.6 Å². The molecule has 2 atom stereocenters. The Hall–Kier alpha value is -1.29. The van der Waals surface area contributed by atoms with Crippen molar-refractivity contribution in [3.8, 4) is 0 Å². The van der Waals surface area contributed by atoms with Crippen molar-refractivity contribution in [2.45, 2.75) is 39.3 Å². The predicted octanol–water partition coefficient (Wildman–Crippen LogP) is 2.09. The summed E-state index contributed by atoms with van der Waals surface area (Å²) in [5, 5.41) is 6.03. The van der Waals surface area contributed by atoms with Crippen molar-refractivity contribution in [1.29, 1.82) is 0 Å². The van der Waals surface area contributed by atoms with Gasteiger partial charge < -0.3 is 9.73 Å². The van der Waals surface area contributed by atoms with Gasteiger partial charge in [-0.3, -0.25) is 10.1 Å². The van der Waals surface area contributed by atoms with E-state index in [2.05, 4.69) is 24.5 Å². The first-order valence-electron chi connectivity index (χ1n) is 6.04. The van der Waals surface area contributed by atoms with E-state index < -0.39 is 0 Å². The van der Waals surface area contributed by atoms with Crippen molar-refractivity contribution in [3.05, 3.63) is 24.2 Å². The first kappa shape index (κ1) is 13.8. The molecule has 4 heteroatoms. The second kappa shape index (κ2) is 6.45. The summed E-state index contributed by atoms with van der Waals surface area (Å²) in [6.45, 7) is 6.25. The van der Waals surface area contributed by atoms with Gasteiger partial charge in [0.05, 0.1) is 18.6 Å². The summed E-state index contributed by atoms with van der Waals surface area (Å²) in [7, 11) is 1.67. The first-order valence-corrected chi connectivity index (χ1v) is 6.04. The molecule has 0 radical (unpaired) electrons. The molecule has 1 aromatic rings. The lowest BCUT2D eigenvalue weighted by Gasteiger charge is -2.22. The number of amides is 1. The molecule has 0 fully saturated rings. The fraction of sp³-hybridized carbons (Fsp3) is 0.615. The highest BCUT2D eigenvalue weighted by atomic mass is 16.3. The van der Waals surface area contributed by atoms with Gasteiger partial charge in [-0.25, -0.2) is 0 Å². The van der Waals surface area contributed by atoms with Crippen LogP contribution in [-0.4, -0.2) is 19.0 Å². The Morgan fingerprint density at radius 1 is 1.41 bits per heavy atom. The Bertz CT molecular complexity index is 333. The molecule has 0 bridgehead atoms. The van der Waals surface area contributed by atoms with E-state index >= 15 is 0 Å². The van der Waals surface area contributed by atoms with Crippen LogP contribution in [0.3, 0.4) is 0 Å². The molecule has 0 saturated carbocycles. The Balaban J connectivity index is 2.62. The molecule has 4 nitrogen and oxygen atoms in total. The zero-order valence-corrected chi connectivity index (χ0v) is 11.0. The maximum absolute atomic E-state index is 11.8. The largest absolute Gasteiger partial charge is 0.472 e. The van der Waals surface area contributed by atoms with Crippen LogP contribution in [-0.2, 0) is 4.79 Å². The van der Waals surface area contributed by atoms with Gasteiger partial charge in [0, 0.05) is 18.7 Å². The van der Waals surface area contributed by atoms with Gasteiger partial charge in [0.2, 0.25) is 5.91 Å². The Morgan fingerprint density at radius 2 is 2.12 bits per heavy atom. The van der Waals surface area contributed by atoms with E-state index in [9.17, 15) is 4.79 Å². The third-order valence-electron chi connectivity index (χ3n) is 2.76. The lowest BCUT2D eigenvalue weighted by Crippen LogP contribution is -2.44. The van der Waals surface area contributed by atoms with Gasteiger partial charge in [0.15, 0.2) is 0 Å². The molecule has 1 rings (SSSR count). The molecule has 0 spiro atoms. The number of nitrogens with one attached hydrogen (secondary N) is 2. The fourth-order valence-corrected chi connectivity index (χ4v) is 1.82. The van der Waals surface area contributed by atoms with Crippen molar-refractivity contribution in [1.82, 2.24) is 10.6 Å². The van der Waals surface area contributed by atoms with Crippen molar-refractivity contribution in [2.24, 2.45) is 5.92 Å². The number of carbonyl (C=O) groups excluding carboxylic acids is 1. The van der Waals surface area contributed by atoms with Crippen LogP contribution in [0.5, 0.6) is 0 Å². The predicted molar refractivity (Wildman–Crippen MR) is 67.6 cm³/mol. The number of hydrogen-bond acceptors (Lipinski definition) is 3. The SMILES string of the molecule is CNC(=O)C(CC(C)C)NC(C)c1ccoc1. The molecule has 1 aromatic heterocycles. The molecule has 2 N–H and O–H groups in total. The average Bonchev–Trinajstić information content (AvgIpc) is 2.79. The molecule has 0 aliphatic heterocycles. The number of furan rings is 1. The van der Waals surface area contributed by atoms with Crippen molar-refractivity contribution in [2.75, 3.05) is 7.05 Å². The van der Waals surface area contributed by atoms with Crippen molar-refractivity contribution >= 4 is 5.91 Å². The number of rotatable bonds is 6. The summed E-state index contributed by atoms with van der Waals surface area (Å²) in [5.41, 5.74) is 1.06. The topological polar surface area (TPSA) is 54.3 Å². The molecule has 2 unspecified atom stereocenters. The average molecular weight is 238 g/mol. The van der Waals surface area contributed by atoms with Crippen molar-refractivity contribution in [3.63, 3.8) is 0 Å². The van der Waals surface area contributed by atoms with Gasteiger partial charge in [0.25, 0.3) is 0 Å². The van der Waals surface area contributed by atoms with Gasteiger partial charge >= 0.3 is 0 Å². The zero-order valence-electron chi connectivity index (χ0n) is 11.0. The van der Waals surface area contributed by atoms with Gasteiger partial charge in [-0.05, 0) is 25.3 Å². The number of hydrogen-bond donors (Lipinski definition) is 2. The summed E-state index contributed by atoms with van der Waals surface area (Å²) in [5.74, 6) is 0.510. The maximum Gasteiger partial charge on any atom is 0.236 e. The second-order valence-corrected chi connectivity index (χ2v) is 4.74. The molecule has 0 aliphatic carbocycles. The Morgan fingerprint density at radius 3 is 2.59 bits per heavy atom. The maximum atomic E-state index is 11.8. The van der Waals surface area contributed by atoms with Crippen LogP contribution < -0.4 is 10.6 Å². The molecule has 0 saturated heterocycles. The summed E-state index contributed by atoms with van der Waals surface area (Å²) < 4.78 is 5.04. The molecular formula is C13H22N2O2. The minimum absolute atomic E-state index is 0.0362. The molecule has 1 heterocycles. The zero-order chi connectivity index (χ0) is 12.8. The van der Waals surface area contributed by atoms with Crippen LogP contribution in [0.2, 0.25) is 0 Å². The highest BCUT2D eigenvalue weighted by molar-refractivity contribution is 5.81. The van der Waals surface area contributed by atoms with Crippen LogP contribution >= 0.6 is 0 Å². The number of carbonyl (C=O) groups is 1. The second-order valence-electron chi connectivity index (χ2n) is 4.74. The smallest absolute Gasteiger partial charge is 0.236 e. The minimum Gasteiger partial charge on any atom is -0.472 e. The quantitative estimate of drug-likeness (QED) is 0.798. The van der Waals surface area contributed by atoms with E-state index in [0.717, 1.165) is 12.0 Å². The molecule has 0 aliphatic rings. The summed E-state index contributed by atoms with van der Waals surface area (Å²) in [6.07, 6.45) is 4.17. The minimum atomic E-state index is -0.162. The van der Waals surface area contributed by atoms with Crippen LogP contribution in [0.1, 0.15) is 38.8 Å². The van der Waals surface area contributed by atoms with Gasteiger partial charge in [-0.15, -0.1) is 0 Å². The Labute approximate surface area is 103 Å². The molecule has 96 valence electrons. The van der Waals surface area contributed by atoms with Gasteiger partial charge in [-0.1, -0.05) is 13.8 Å². The van der Waals surface area contributed by atoms with Gasteiger partial charge in [-0.2, -0.15) is 0 Å². The third kappa shape index (κ3) is 4.23. The van der Waals surface area contributed by atoms with E-state index in [1.165, 1.54) is 0 Å². The standard InChI is InChI=1S/C13H22N2O2/c1-9(2)7-12(13(16)14-4)15-10(3)11-5-6-17-8-11/h5-6,8-10,12,15H,7H2,1-4H3,(H,14,16). The van der Waals surface area contributed by atoms with Crippen LogP contribution in [0.15, 0.2) is 23.0 Å². The summed E-state index contributed by atoms with van der Waals surface area (Å²) in [6, 6.07) is 1.85. The fourth-order valence-electron chi connectivity index (χ4n) is 1.82. The Kier molecular flexibility index (Phi) is 5.22. The van der Waals surface area contributed by atoms with E-state index in [0.29, 0.717) is 5.92 Å². The molecule has 0 aromatic carbocycles. The highest BCUT2D eigenvalue weighted by Gasteiger charge is 2.21. The molecular weight excluding hydrogens is 216 g/mol. The third-order valence-corrected chi connectivity index (χ3v) is 2.76. The summed E-state index contributed by atoms with van der Waals surface area (Å²) >= 11 is 0. The van der Waals surface area contributed by atoms with Gasteiger partial charge in [0.1, 0.15) is 0 Å². The lowest BCUT2D eigenvalue weighted by molar-refractivity contribution is -0.123. The summed E-state index contributed by atoms with van der Waals surface area (Å²) in [4.78, 5) is 11.8. The van der Waals surface area contributed by atoms with Crippen LogP contribution in [0.25, 0.3) is 0 Å². The van der Waals surface area contributed by atoms with Crippen molar-refractivity contribution < 1.29 is 9.21 Å². The first-order chi connectivity index (χ1) is 8.04. The van der Waals surface area contributed by atoms with Crippen LogP contribution in [0, 0.1) is 5.92 Å². The molecule has 17 heavy (non-hydrogen) atoms. The monoisotopic (exact) mass is 238 g/mol.